The monoisotopic (exact) mass is 516 g/mol. The number of ketones is 1. The lowest BCUT2D eigenvalue weighted by Gasteiger charge is -2.38. The molecule has 1 spiro atoms. The standard InChI is InChI=1S/C30H30F2N4O2/c1-29(2,38)17-36-27-11-25(32)24(10-20(27)13-35-36)22-7-6-19(9-23(22)18-4-3-5-21(31)8-18)28(37)26-12-30(16-34-26)14-33-15-30/h3-11,13,26,33-34,38H,12,14-17H2,1-2H3. The summed E-state index contributed by atoms with van der Waals surface area (Å²) < 4.78 is 31.5. The van der Waals surface area contributed by atoms with Crippen LogP contribution in [0.3, 0.4) is 0 Å². The number of rotatable bonds is 6. The molecular formula is C30H30F2N4O2. The van der Waals surface area contributed by atoms with E-state index in [2.05, 4.69) is 15.7 Å². The van der Waals surface area contributed by atoms with Gasteiger partial charge in [0.1, 0.15) is 11.6 Å². The van der Waals surface area contributed by atoms with Gasteiger partial charge in [-0.2, -0.15) is 5.10 Å². The van der Waals surface area contributed by atoms with Crippen molar-refractivity contribution >= 4 is 16.7 Å². The van der Waals surface area contributed by atoms with Gasteiger partial charge < -0.3 is 15.7 Å². The number of benzene rings is 3. The lowest BCUT2D eigenvalue weighted by molar-refractivity contribution is 0.0591. The van der Waals surface area contributed by atoms with Gasteiger partial charge in [-0.25, -0.2) is 8.78 Å². The van der Waals surface area contributed by atoms with Gasteiger partial charge in [0.2, 0.25) is 0 Å². The van der Waals surface area contributed by atoms with Crippen LogP contribution in [0.1, 0.15) is 30.6 Å². The first-order valence-corrected chi connectivity index (χ1v) is 12.9. The topological polar surface area (TPSA) is 79.2 Å². The van der Waals surface area contributed by atoms with Crippen molar-refractivity contribution in [3.63, 3.8) is 0 Å². The van der Waals surface area contributed by atoms with E-state index in [4.69, 9.17) is 0 Å². The van der Waals surface area contributed by atoms with Gasteiger partial charge in [-0.3, -0.25) is 9.48 Å². The maximum absolute atomic E-state index is 15.6. The van der Waals surface area contributed by atoms with Crippen LogP contribution in [0.4, 0.5) is 8.78 Å². The highest BCUT2D eigenvalue weighted by Crippen LogP contribution is 2.38. The number of fused-ring (bicyclic) bond motifs is 1. The fourth-order valence-electron chi connectivity index (χ4n) is 5.68. The number of Topliss-reactive ketones (excluding diaryl/α,β-unsaturated/α-hetero) is 1. The summed E-state index contributed by atoms with van der Waals surface area (Å²) in [6.45, 7) is 6.17. The lowest BCUT2D eigenvalue weighted by Crippen LogP contribution is -2.54. The zero-order valence-corrected chi connectivity index (χ0v) is 21.4. The van der Waals surface area contributed by atoms with E-state index < -0.39 is 17.2 Å². The first-order valence-electron chi connectivity index (χ1n) is 12.9. The van der Waals surface area contributed by atoms with Gasteiger partial charge in [0.15, 0.2) is 5.78 Å². The van der Waals surface area contributed by atoms with Crippen LogP contribution in [0, 0.1) is 17.0 Å². The minimum Gasteiger partial charge on any atom is -0.389 e. The molecule has 38 heavy (non-hydrogen) atoms. The fraction of sp³-hybridized carbons (Fsp3) is 0.333. The number of hydrogen-bond donors (Lipinski definition) is 3. The Hall–Kier alpha value is -3.46. The van der Waals surface area contributed by atoms with E-state index in [0.717, 1.165) is 26.1 Å². The average Bonchev–Trinajstić information content (AvgIpc) is 3.47. The molecule has 1 atom stereocenters. The van der Waals surface area contributed by atoms with Crippen molar-refractivity contribution in [3.8, 4) is 22.3 Å². The minimum atomic E-state index is -1.01. The van der Waals surface area contributed by atoms with Crippen LogP contribution in [-0.2, 0) is 6.54 Å². The Morgan fingerprint density at radius 1 is 1.08 bits per heavy atom. The molecule has 8 heteroatoms. The Balaban J connectivity index is 1.43. The third-order valence-corrected chi connectivity index (χ3v) is 7.67. The minimum absolute atomic E-state index is 0.0122. The summed E-state index contributed by atoms with van der Waals surface area (Å²) in [6.07, 6.45) is 2.41. The number of carbonyl (C=O) groups excluding carboxylic acids is 1. The Kier molecular flexibility index (Phi) is 5.94. The zero-order valence-electron chi connectivity index (χ0n) is 21.4. The zero-order chi connectivity index (χ0) is 26.7. The number of aliphatic hydroxyl groups is 1. The largest absolute Gasteiger partial charge is 0.389 e. The molecule has 2 aliphatic heterocycles. The fourth-order valence-corrected chi connectivity index (χ4v) is 5.68. The first kappa shape index (κ1) is 24.9. The molecule has 0 aliphatic carbocycles. The predicted octanol–water partition coefficient (Wildman–Crippen LogP) is 4.55. The summed E-state index contributed by atoms with van der Waals surface area (Å²) in [5.74, 6) is -0.892. The lowest BCUT2D eigenvalue weighted by atomic mass is 9.79. The molecule has 2 aliphatic rings. The maximum Gasteiger partial charge on any atom is 0.179 e. The van der Waals surface area contributed by atoms with Gasteiger partial charge in [0, 0.05) is 47.6 Å². The number of hydrogen-bond acceptors (Lipinski definition) is 5. The molecule has 0 radical (unpaired) electrons. The number of carbonyl (C=O) groups is 1. The van der Waals surface area contributed by atoms with E-state index >= 15 is 4.39 Å². The third-order valence-electron chi connectivity index (χ3n) is 7.67. The molecule has 196 valence electrons. The van der Waals surface area contributed by atoms with E-state index in [1.165, 1.54) is 18.2 Å². The Morgan fingerprint density at radius 2 is 1.89 bits per heavy atom. The second-order valence-electron chi connectivity index (χ2n) is 11.4. The van der Waals surface area contributed by atoms with E-state index in [0.29, 0.717) is 38.7 Å². The molecule has 4 aromatic rings. The molecule has 6 nitrogen and oxygen atoms in total. The second-order valence-corrected chi connectivity index (χ2v) is 11.4. The van der Waals surface area contributed by atoms with Crippen molar-refractivity contribution in [1.29, 1.82) is 0 Å². The van der Waals surface area contributed by atoms with E-state index in [1.54, 1.807) is 61.1 Å². The van der Waals surface area contributed by atoms with E-state index in [1.807, 2.05) is 0 Å². The van der Waals surface area contributed by atoms with Crippen LogP contribution in [0.5, 0.6) is 0 Å². The molecule has 1 unspecified atom stereocenters. The molecule has 3 heterocycles. The number of halogens is 2. The number of nitrogens with one attached hydrogen (secondary N) is 2. The molecule has 1 aromatic heterocycles. The SMILES string of the molecule is CC(C)(O)Cn1ncc2cc(-c3ccc(C(=O)C4CC5(CNC5)CN4)cc3-c3cccc(F)c3)c(F)cc21. The van der Waals surface area contributed by atoms with Crippen molar-refractivity contribution in [1.82, 2.24) is 20.4 Å². The van der Waals surface area contributed by atoms with Crippen LogP contribution < -0.4 is 10.6 Å². The predicted molar refractivity (Wildman–Crippen MR) is 143 cm³/mol. The smallest absolute Gasteiger partial charge is 0.179 e. The van der Waals surface area contributed by atoms with Crippen molar-refractivity contribution in [2.24, 2.45) is 5.41 Å². The van der Waals surface area contributed by atoms with Gasteiger partial charge in [0.05, 0.1) is 29.9 Å². The van der Waals surface area contributed by atoms with Gasteiger partial charge in [-0.1, -0.05) is 24.3 Å². The summed E-state index contributed by atoms with van der Waals surface area (Å²) in [7, 11) is 0. The number of nitrogens with zero attached hydrogens (tertiary/aromatic N) is 2. The van der Waals surface area contributed by atoms with Gasteiger partial charge in [0.25, 0.3) is 0 Å². The molecule has 0 amide bonds. The maximum atomic E-state index is 15.6. The van der Waals surface area contributed by atoms with Crippen LogP contribution in [0.15, 0.2) is 60.8 Å². The number of aromatic nitrogens is 2. The molecule has 3 aromatic carbocycles. The highest BCUT2D eigenvalue weighted by Gasteiger charge is 2.45. The van der Waals surface area contributed by atoms with Crippen molar-refractivity contribution in [2.75, 3.05) is 19.6 Å². The quantitative estimate of drug-likeness (QED) is 0.328. The molecule has 2 saturated heterocycles. The van der Waals surface area contributed by atoms with E-state index in [9.17, 15) is 14.3 Å². The van der Waals surface area contributed by atoms with Crippen LogP contribution in [0.25, 0.3) is 33.2 Å². The summed E-state index contributed by atoms with van der Waals surface area (Å²) in [6, 6.07) is 14.2. The van der Waals surface area contributed by atoms with Crippen molar-refractivity contribution in [3.05, 3.63) is 78.0 Å². The molecule has 3 N–H and O–H groups in total. The van der Waals surface area contributed by atoms with Gasteiger partial charge in [-0.15, -0.1) is 0 Å². The summed E-state index contributed by atoms with van der Waals surface area (Å²) in [5.41, 5.74) is 2.23. The summed E-state index contributed by atoms with van der Waals surface area (Å²) in [5, 5.41) is 21.9. The Bertz CT molecular complexity index is 1550. The molecule has 0 bridgehead atoms. The van der Waals surface area contributed by atoms with Crippen LogP contribution >= 0.6 is 0 Å². The molecular weight excluding hydrogens is 486 g/mol. The Morgan fingerprint density at radius 3 is 2.58 bits per heavy atom. The average molecular weight is 517 g/mol. The normalized spacial score (nSPS) is 18.7. The highest BCUT2D eigenvalue weighted by molar-refractivity contribution is 6.03. The first-order chi connectivity index (χ1) is 18.1. The van der Waals surface area contributed by atoms with Crippen molar-refractivity contribution < 1.29 is 18.7 Å². The van der Waals surface area contributed by atoms with Crippen molar-refractivity contribution in [2.45, 2.75) is 38.5 Å². The second kappa shape index (κ2) is 9.08. The Labute approximate surface area is 219 Å². The molecule has 0 saturated carbocycles. The van der Waals surface area contributed by atoms with Crippen LogP contribution in [-0.4, -0.2) is 51.9 Å². The summed E-state index contributed by atoms with van der Waals surface area (Å²) >= 11 is 0. The summed E-state index contributed by atoms with van der Waals surface area (Å²) in [4.78, 5) is 13.5. The molecule has 6 rings (SSSR count). The van der Waals surface area contributed by atoms with E-state index in [-0.39, 0.29) is 23.8 Å². The van der Waals surface area contributed by atoms with Gasteiger partial charge >= 0.3 is 0 Å². The van der Waals surface area contributed by atoms with Gasteiger partial charge in [-0.05, 0) is 61.2 Å². The van der Waals surface area contributed by atoms with Crippen LogP contribution in [0.2, 0.25) is 0 Å². The third kappa shape index (κ3) is 4.53. The highest BCUT2D eigenvalue weighted by atomic mass is 19.1. The molecule has 2 fully saturated rings.